The zero-order valence-corrected chi connectivity index (χ0v) is 12.2. The fourth-order valence-electron chi connectivity index (χ4n) is 2.05. The third-order valence-corrected chi connectivity index (χ3v) is 3.59. The highest BCUT2D eigenvalue weighted by atomic mass is 16.5. The maximum absolute atomic E-state index is 11.0. The smallest absolute Gasteiger partial charge is 0.337 e. The van der Waals surface area contributed by atoms with Crippen LogP contribution >= 0.6 is 0 Å². The lowest BCUT2D eigenvalue weighted by molar-refractivity contribution is 0.0697. The van der Waals surface area contributed by atoms with Gasteiger partial charge in [0.05, 0.1) is 11.3 Å². The van der Waals surface area contributed by atoms with E-state index < -0.39 is 5.97 Å². The lowest BCUT2D eigenvalue weighted by Gasteiger charge is -2.12. The van der Waals surface area contributed by atoms with Crippen LogP contribution in [-0.4, -0.2) is 11.1 Å². The highest BCUT2D eigenvalue weighted by Crippen LogP contribution is 2.31. The van der Waals surface area contributed by atoms with Crippen LogP contribution in [0.4, 0.5) is 5.69 Å². The van der Waals surface area contributed by atoms with Crippen LogP contribution in [0.2, 0.25) is 0 Å². The molecule has 4 nitrogen and oxygen atoms in total. The number of para-hydroxylation sites is 1. The van der Waals surface area contributed by atoms with Gasteiger partial charge in [0.2, 0.25) is 0 Å². The van der Waals surface area contributed by atoms with Crippen molar-refractivity contribution in [1.29, 1.82) is 0 Å². The van der Waals surface area contributed by atoms with Gasteiger partial charge in [0, 0.05) is 0 Å². The first kappa shape index (κ1) is 14.9. The van der Waals surface area contributed by atoms with Gasteiger partial charge >= 0.3 is 5.97 Å². The number of carboxylic acids is 1. The van der Waals surface area contributed by atoms with Crippen LogP contribution < -0.4 is 10.5 Å². The van der Waals surface area contributed by atoms with Gasteiger partial charge in [-0.05, 0) is 42.2 Å². The zero-order chi connectivity index (χ0) is 15.4. The minimum atomic E-state index is -1.06. The summed E-state index contributed by atoms with van der Waals surface area (Å²) >= 11 is 0. The van der Waals surface area contributed by atoms with E-state index in [0.29, 0.717) is 17.4 Å². The number of carbonyl (C=O) groups is 1. The molecule has 0 aliphatic heterocycles. The van der Waals surface area contributed by atoms with Crippen LogP contribution in [-0.2, 0) is 0 Å². The summed E-state index contributed by atoms with van der Waals surface area (Å²) in [6, 6.07) is 12.5. The maximum atomic E-state index is 11.0. The van der Waals surface area contributed by atoms with E-state index in [-0.39, 0.29) is 11.3 Å². The number of hydrogen-bond acceptors (Lipinski definition) is 3. The average Bonchev–Trinajstić information content (AvgIpc) is 2.49. The molecule has 0 spiro atoms. The molecule has 1 unspecified atom stereocenters. The molecule has 0 saturated heterocycles. The predicted octanol–water partition coefficient (Wildman–Crippen LogP) is 4.27. The number of rotatable bonds is 5. The molecular weight excluding hydrogens is 266 g/mol. The van der Waals surface area contributed by atoms with E-state index >= 15 is 0 Å². The van der Waals surface area contributed by atoms with Gasteiger partial charge in [0.15, 0.2) is 5.75 Å². The highest BCUT2D eigenvalue weighted by Gasteiger charge is 2.12. The van der Waals surface area contributed by atoms with Crippen molar-refractivity contribution in [3.05, 3.63) is 53.6 Å². The monoisotopic (exact) mass is 285 g/mol. The summed E-state index contributed by atoms with van der Waals surface area (Å²) in [5.41, 5.74) is 7.25. The third kappa shape index (κ3) is 3.34. The van der Waals surface area contributed by atoms with E-state index in [9.17, 15) is 4.79 Å². The minimum absolute atomic E-state index is 0.0451. The largest absolute Gasteiger partial charge is 0.478 e. The Kier molecular flexibility index (Phi) is 4.48. The standard InChI is InChI=1S/C17H19NO3/c1-3-11(2)12-7-9-13(10-8-12)21-15-6-4-5-14(16(15)18)17(19)20/h4-11H,3,18H2,1-2H3,(H,19,20). The number of nitrogen functional groups attached to an aromatic ring is 1. The Balaban J connectivity index is 2.22. The number of hydrogen-bond donors (Lipinski definition) is 2. The maximum Gasteiger partial charge on any atom is 0.337 e. The summed E-state index contributed by atoms with van der Waals surface area (Å²) in [4.78, 5) is 11.0. The molecule has 21 heavy (non-hydrogen) atoms. The fourth-order valence-corrected chi connectivity index (χ4v) is 2.05. The number of nitrogens with two attached hydrogens (primary N) is 1. The fraction of sp³-hybridized carbons (Fsp3) is 0.235. The summed E-state index contributed by atoms with van der Waals surface area (Å²) in [6.45, 7) is 4.32. The molecule has 3 N–H and O–H groups in total. The average molecular weight is 285 g/mol. The lowest BCUT2D eigenvalue weighted by atomic mass is 9.99. The Morgan fingerprint density at radius 1 is 1.24 bits per heavy atom. The second-order valence-electron chi connectivity index (χ2n) is 5.00. The van der Waals surface area contributed by atoms with E-state index in [1.165, 1.54) is 11.6 Å². The van der Waals surface area contributed by atoms with Crippen molar-refractivity contribution >= 4 is 11.7 Å². The first-order valence-corrected chi connectivity index (χ1v) is 6.92. The van der Waals surface area contributed by atoms with Gasteiger partial charge in [-0.25, -0.2) is 4.79 Å². The first-order valence-electron chi connectivity index (χ1n) is 6.92. The number of anilines is 1. The predicted molar refractivity (Wildman–Crippen MR) is 83.0 cm³/mol. The van der Waals surface area contributed by atoms with Crippen molar-refractivity contribution in [3.63, 3.8) is 0 Å². The summed E-state index contributed by atoms with van der Waals surface area (Å²) in [5.74, 6) is 0.423. The SMILES string of the molecule is CCC(C)c1ccc(Oc2cccc(C(=O)O)c2N)cc1. The highest BCUT2D eigenvalue weighted by molar-refractivity contribution is 5.95. The first-order chi connectivity index (χ1) is 10.0. The molecule has 2 rings (SSSR count). The van der Waals surface area contributed by atoms with Crippen LogP contribution in [0.1, 0.15) is 42.1 Å². The van der Waals surface area contributed by atoms with E-state index in [2.05, 4.69) is 13.8 Å². The van der Waals surface area contributed by atoms with Crippen molar-refractivity contribution in [2.45, 2.75) is 26.2 Å². The summed E-state index contributed by atoms with van der Waals surface area (Å²) < 4.78 is 5.68. The quantitative estimate of drug-likeness (QED) is 0.804. The van der Waals surface area contributed by atoms with E-state index in [0.717, 1.165) is 6.42 Å². The molecule has 0 heterocycles. The van der Waals surface area contributed by atoms with Crippen molar-refractivity contribution in [2.75, 3.05) is 5.73 Å². The van der Waals surface area contributed by atoms with Gasteiger partial charge in [-0.2, -0.15) is 0 Å². The van der Waals surface area contributed by atoms with Crippen LogP contribution in [0.15, 0.2) is 42.5 Å². The molecule has 0 aromatic heterocycles. The molecule has 110 valence electrons. The Morgan fingerprint density at radius 2 is 1.90 bits per heavy atom. The van der Waals surface area contributed by atoms with Crippen LogP contribution in [0, 0.1) is 0 Å². The van der Waals surface area contributed by atoms with Gasteiger partial charge in [0.1, 0.15) is 5.75 Å². The molecule has 2 aromatic carbocycles. The van der Waals surface area contributed by atoms with Gasteiger partial charge in [0.25, 0.3) is 0 Å². The second kappa shape index (κ2) is 6.31. The Labute approximate surface area is 124 Å². The Hall–Kier alpha value is -2.49. The molecule has 0 amide bonds. The van der Waals surface area contributed by atoms with Crippen LogP contribution in [0.3, 0.4) is 0 Å². The normalized spacial score (nSPS) is 11.9. The van der Waals surface area contributed by atoms with Gasteiger partial charge < -0.3 is 15.6 Å². The molecule has 1 atom stereocenters. The molecule has 2 aromatic rings. The van der Waals surface area contributed by atoms with Crippen LogP contribution in [0.5, 0.6) is 11.5 Å². The topological polar surface area (TPSA) is 72.5 Å². The second-order valence-corrected chi connectivity index (χ2v) is 5.00. The number of carboxylic acid groups (broad SMARTS) is 1. The number of aromatic carboxylic acids is 1. The summed E-state index contributed by atoms with van der Waals surface area (Å²) in [7, 11) is 0. The third-order valence-electron chi connectivity index (χ3n) is 3.59. The number of benzene rings is 2. The summed E-state index contributed by atoms with van der Waals surface area (Å²) in [6.07, 6.45) is 1.08. The molecule has 0 aliphatic carbocycles. The van der Waals surface area contributed by atoms with Gasteiger partial charge in [-0.15, -0.1) is 0 Å². The molecule has 0 bridgehead atoms. The van der Waals surface area contributed by atoms with E-state index in [4.69, 9.17) is 15.6 Å². The van der Waals surface area contributed by atoms with E-state index in [1.54, 1.807) is 12.1 Å². The molecule has 0 radical (unpaired) electrons. The lowest BCUT2D eigenvalue weighted by Crippen LogP contribution is -2.03. The Bertz CT molecular complexity index is 635. The van der Waals surface area contributed by atoms with Crippen LogP contribution in [0.25, 0.3) is 0 Å². The number of ether oxygens (including phenoxy) is 1. The van der Waals surface area contributed by atoms with Crippen molar-refractivity contribution in [3.8, 4) is 11.5 Å². The molecule has 0 saturated carbocycles. The Morgan fingerprint density at radius 3 is 2.48 bits per heavy atom. The molecule has 0 aliphatic rings. The van der Waals surface area contributed by atoms with E-state index in [1.807, 2.05) is 24.3 Å². The summed E-state index contributed by atoms with van der Waals surface area (Å²) in [5, 5.41) is 9.05. The zero-order valence-electron chi connectivity index (χ0n) is 12.2. The van der Waals surface area contributed by atoms with Crippen molar-refractivity contribution < 1.29 is 14.6 Å². The van der Waals surface area contributed by atoms with Crippen molar-refractivity contribution in [2.24, 2.45) is 0 Å². The minimum Gasteiger partial charge on any atom is -0.478 e. The molecule has 0 fully saturated rings. The van der Waals surface area contributed by atoms with Crippen molar-refractivity contribution in [1.82, 2.24) is 0 Å². The molecule has 4 heteroatoms. The van der Waals surface area contributed by atoms with Gasteiger partial charge in [-0.3, -0.25) is 0 Å². The molecular formula is C17H19NO3. The van der Waals surface area contributed by atoms with Gasteiger partial charge in [-0.1, -0.05) is 32.0 Å².